The zero-order valence-electron chi connectivity index (χ0n) is 14.7. The summed E-state index contributed by atoms with van der Waals surface area (Å²) in [6.07, 6.45) is 3.43. The van der Waals surface area contributed by atoms with Gasteiger partial charge in [-0.3, -0.25) is 9.48 Å². The van der Waals surface area contributed by atoms with Crippen molar-refractivity contribution in [2.24, 2.45) is 0 Å². The van der Waals surface area contributed by atoms with Crippen molar-refractivity contribution < 1.29 is 9.53 Å². The van der Waals surface area contributed by atoms with Crippen LogP contribution in [0.4, 0.5) is 0 Å². The number of methoxy groups -OCH3 is 1. The number of ether oxygens (including phenoxy) is 1. The van der Waals surface area contributed by atoms with Crippen molar-refractivity contribution in [2.45, 2.75) is 6.54 Å². The highest BCUT2D eigenvalue weighted by atomic mass is 16.5. The normalized spacial score (nSPS) is 10.3. The second-order valence-corrected chi connectivity index (χ2v) is 5.81. The van der Waals surface area contributed by atoms with Crippen molar-refractivity contribution in [3.63, 3.8) is 0 Å². The van der Waals surface area contributed by atoms with Gasteiger partial charge in [-0.15, -0.1) is 6.58 Å². The van der Waals surface area contributed by atoms with Crippen LogP contribution in [0.25, 0.3) is 11.3 Å². The highest BCUT2D eigenvalue weighted by Gasteiger charge is 2.18. The fraction of sp³-hybridized carbons (Fsp3) is 0.143. The maximum absolute atomic E-state index is 12.6. The van der Waals surface area contributed by atoms with Crippen molar-refractivity contribution in [3.05, 3.63) is 84.6 Å². The third-order valence-electron chi connectivity index (χ3n) is 3.94. The lowest BCUT2D eigenvalue weighted by Crippen LogP contribution is -2.23. The van der Waals surface area contributed by atoms with Crippen LogP contribution in [0.3, 0.4) is 0 Å². The minimum absolute atomic E-state index is 0.179. The van der Waals surface area contributed by atoms with E-state index in [0.717, 1.165) is 16.9 Å². The van der Waals surface area contributed by atoms with Gasteiger partial charge in [-0.1, -0.05) is 48.5 Å². The van der Waals surface area contributed by atoms with Crippen LogP contribution in [-0.4, -0.2) is 29.3 Å². The molecule has 26 heavy (non-hydrogen) atoms. The highest BCUT2D eigenvalue weighted by molar-refractivity contribution is 5.99. The van der Waals surface area contributed by atoms with Crippen molar-refractivity contribution >= 4 is 5.91 Å². The molecule has 2 aromatic carbocycles. The second-order valence-electron chi connectivity index (χ2n) is 5.81. The Kier molecular flexibility index (Phi) is 5.49. The number of carbonyl (C=O) groups is 1. The van der Waals surface area contributed by atoms with E-state index in [1.165, 1.54) is 0 Å². The number of amides is 1. The molecule has 0 fully saturated rings. The fourth-order valence-corrected chi connectivity index (χ4v) is 2.68. The van der Waals surface area contributed by atoms with Gasteiger partial charge in [0.1, 0.15) is 11.4 Å². The summed E-state index contributed by atoms with van der Waals surface area (Å²) < 4.78 is 7.08. The summed E-state index contributed by atoms with van der Waals surface area (Å²) in [5.41, 5.74) is 3.10. The van der Waals surface area contributed by atoms with Crippen LogP contribution in [-0.2, 0) is 6.54 Å². The van der Waals surface area contributed by atoms with Crippen molar-refractivity contribution in [2.75, 3.05) is 13.7 Å². The molecule has 0 bridgehead atoms. The van der Waals surface area contributed by atoms with Crippen LogP contribution in [0.2, 0.25) is 0 Å². The van der Waals surface area contributed by atoms with Gasteiger partial charge in [-0.2, -0.15) is 5.10 Å². The van der Waals surface area contributed by atoms with Gasteiger partial charge in [-0.25, -0.2) is 0 Å². The maximum Gasteiger partial charge on any atom is 0.255 e. The summed E-state index contributed by atoms with van der Waals surface area (Å²) in [6.45, 7) is 4.63. The molecule has 5 nitrogen and oxygen atoms in total. The third kappa shape index (κ3) is 4.00. The summed E-state index contributed by atoms with van der Waals surface area (Å²) in [7, 11) is 1.62. The maximum atomic E-state index is 12.6. The number of nitrogens with one attached hydrogen (secondary N) is 1. The summed E-state index contributed by atoms with van der Waals surface area (Å²) in [6, 6.07) is 17.6. The summed E-state index contributed by atoms with van der Waals surface area (Å²) >= 11 is 0. The molecule has 1 N–H and O–H groups in total. The third-order valence-corrected chi connectivity index (χ3v) is 3.94. The van der Waals surface area contributed by atoms with E-state index in [1.807, 2.05) is 54.6 Å². The fourth-order valence-electron chi connectivity index (χ4n) is 2.68. The van der Waals surface area contributed by atoms with E-state index in [2.05, 4.69) is 17.0 Å². The molecule has 3 aromatic rings. The van der Waals surface area contributed by atoms with Crippen molar-refractivity contribution in [1.82, 2.24) is 15.1 Å². The van der Waals surface area contributed by atoms with E-state index in [0.29, 0.717) is 24.3 Å². The Balaban J connectivity index is 1.99. The van der Waals surface area contributed by atoms with Crippen LogP contribution in [0.15, 0.2) is 73.4 Å². The average Bonchev–Trinajstić information content (AvgIpc) is 3.11. The zero-order valence-corrected chi connectivity index (χ0v) is 14.7. The molecule has 0 aliphatic rings. The molecule has 1 aromatic heterocycles. The van der Waals surface area contributed by atoms with Gasteiger partial charge in [0, 0.05) is 18.3 Å². The molecule has 0 atom stereocenters. The van der Waals surface area contributed by atoms with Gasteiger partial charge in [0.05, 0.1) is 19.2 Å². The monoisotopic (exact) mass is 347 g/mol. The Labute approximate surface area is 152 Å². The number of aromatic nitrogens is 2. The first kappa shape index (κ1) is 17.5. The predicted molar refractivity (Wildman–Crippen MR) is 102 cm³/mol. The SMILES string of the molecule is C=CCNC(=O)c1cn(Cc2ccccc2)nc1-c1cccc(OC)c1. The standard InChI is InChI=1S/C21H21N3O2/c1-3-12-22-21(25)19-15-24(14-16-8-5-4-6-9-16)23-20(19)17-10-7-11-18(13-17)26-2/h3-11,13,15H,1,12,14H2,2H3,(H,22,25). The number of rotatable bonds is 7. The molecule has 132 valence electrons. The van der Waals surface area contributed by atoms with Crippen LogP contribution in [0.5, 0.6) is 5.75 Å². The van der Waals surface area contributed by atoms with Crippen LogP contribution in [0.1, 0.15) is 15.9 Å². The molecule has 0 saturated heterocycles. The van der Waals surface area contributed by atoms with Gasteiger partial charge in [0.25, 0.3) is 5.91 Å². The molecule has 0 spiro atoms. The number of hydrogen-bond donors (Lipinski definition) is 1. The first-order valence-electron chi connectivity index (χ1n) is 8.36. The molecule has 0 radical (unpaired) electrons. The Hall–Kier alpha value is -3.34. The first-order chi connectivity index (χ1) is 12.7. The molecular weight excluding hydrogens is 326 g/mol. The zero-order chi connectivity index (χ0) is 18.4. The number of nitrogens with zero attached hydrogens (tertiary/aromatic N) is 2. The van der Waals surface area contributed by atoms with E-state index < -0.39 is 0 Å². The van der Waals surface area contributed by atoms with Gasteiger partial charge in [0.15, 0.2) is 0 Å². The Bertz CT molecular complexity index is 901. The predicted octanol–water partition coefficient (Wildman–Crippen LogP) is 3.52. The van der Waals surface area contributed by atoms with Crippen LogP contribution < -0.4 is 10.1 Å². The molecule has 0 aliphatic heterocycles. The molecule has 5 heteroatoms. The minimum atomic E-state index is -0.179. The van der Waals surface area contributed by atoms with Gasteiger partial charge >= 0.3 is 0 Å². The highest BCUT2D eigenvalue weighted by Crippen LogP contribution is 2.26. The number of carbonyl (C=O) groups excluding carboxylic acids is 1. The van der Waals surface area contributed by atoms with Gasteiger partial charge < -0.3 is 10.1 Å². The Morgan fingerprint density at radius 1 is 1.23 bits per heavy atom. The largest absolute Gasteiger partial charge is 0.497 e. The Morgan fingerprint density at radius 3 is 2.77 bits per heavy atom. The van der Waals surface area contributed by atoms with Crippen molar-refractivity contribution in [1.29, 1.82) is 0 Å². The average molecular weight is 347 g/mol. The first-order valence-corrected chi connectivity index (χ1v) is 8.36. The van der Waals surface area contributed by atoms with E-state index in [9.17, 15) is 4.79 Å². The molecule has 0 aliphatic carbocycles. The molecule has 0 saturated carbocycles. The summed E-state index contributed by atoms with van der Waals surface area (Å²) in [5, 5.41) is 7.48. The number of hydrogen-bond acceptors (Lipinski definition) is 3. The Morgan fingerprint density at radius 2 is 2.04 bits per heavy atom. The van der Waals surface area contributed by atoms with E-state index >= 15 is 0 Å². The van der Waals surface area contributed by atoms with Crippen molar-refractivity contribution in [3.8, 4) is 17.0 Å². The number of benzene rings is 2. The lowest BCUT2D eigenvalue weighted by molar-refractivity contribution is 0.0958. The molecule has 1 heterocycles. The smallest absolute Gasteiger partial charge is 0.255 e. The minimum Gasteiger partial charge on any atom is -0.497 e. The molecule has 1 amide bonds. The summed E-state index contributed by atoms with van der Waals surface area (Å²) in [4.78, 5) is 12.6. The van der Waals surface area contributed by atoms with E-state index in [-0.39, 0.29) is 5.91 Å². The van der Waals surface area contributed by atoms with Gasteiger partial charge in [-0.05, 0) is 17.7 Å². The van der Waals surface area contributed by atoms with E-state index in [1.54, 1.807) is 24.1 Å². The molecule has 3 rings (SSSR count). The van der Waals surface area contributed by atoms with Gasteiger partial charge in [0.2, 0.25) is 0 Å². The molecular formula is C21H21N3O2. The lowest BCUT2D eigenvalue weighted by Gasteiger charge is -2.05. The second kappa shape index (κ2) is 8.16. The van der Waals surface area contributed by atoms with Crippen LogP contribution >= 0.6 is 0 Å². The molecule has 0 unspecified atom stereocenters. The quantitative estimate of drug-likeness (QED) is 0.665. The topological polar surface area (TPSA) is 56.2 Å². The summed E-state index contributed by atoms with van der Waals surface area (Å²) in [5.74, 6) is 0.541. The lowest BCUT2D eigenvalue weighted by atomic mass is 10.1. The van der Waals surface area contributed by atoms with Crippen LogP contribution in [0, 0.1) is 0 Å². The van der Waals surface area contributed by atoms with E-state index in [4.69, 9.17) is 4.74 Å².